The first-order valence-corrected chi connectivity index (χ1v) is 7.31. The molecular weight excluding hydrogens is 260 g/mol. The summed E-state index contributed by atoms with van der Waals surface area (Å²) in [6.07, 6.45) is 4.87. The van der Waals surface area contributed by atoms with E-state index in [0.29, 0.717) is 0 Å². The van der Waals surface area contributed by atoms with E-state index in [1.807, 2.05) is 50.6 Å². The lowest BCUT2D eigenvalue weighted by Gasteiger charge is -2.16. The molecule has 0 saturated heterocycles. The van der Waals surface area contributed by atoms with Crippen LogP contribution in [0.2, 0.25) is 0 Å². The van der Waals surface area contributed by atoms with Crippen LogP contribution in [0.4, 0.5) is 5.69 Å². The van der Waals surface area contributed by atoms with Gasteiger partial charge < -0.3 is 9.88 Å². The molecule has 1 aromatic carbocycles. The molecule has 0 aliphatic carbocycles. The van der Waals surface area contributed by atoms with Crippen LogP contribution in [-0.4, -0.2) is 9.55 Å². The third kappa shape index (κ3) is 3.63. The van der Waals surface area contributed by atoms with Crippen molar-refractivity contribution >= 4 is 5.69 Å². The zero-order valence-corrected chi connectivity index (χ0v) is 12.9. The highest BCUT2D eigenvalue weighted by Crippen LogP contribution is 2.23. The minimum atomic E-state index is -0.446. The lowest BCUT2D eigenvalue weighted by molar-refractivity contribution is 0.651. The number of hydrogen-bond donors (Lipinski definition) is 1. The molecule has 110 valence electrons. The van der Waals surface area contributed by atoms with Gasteiger partial charge in [-0.1, -0.05) is 19.1 Å². The number of hydrogen-bond acceptors (Lipinski definition) is 3. The van der Waals surface area contributed by atoms with Crippen molar-refractivity contribution < 1.29 is 0 Å². The monoisotopic (exact) mass is 282 g/mol. The molecule has 4 heteroatoms. The summed E-state index contributed by atoms with van der Waals surface area (Å²) in [6, 6.07) is 10.4. The number of nitrogens with zero attached hydrogens (tertiary/aromatic N) is 3. The van der Waals surface area contributed by atoms with Gasteiger partial charge in [-0.2, -0.15) is 5.26 Å². The van der Waals surface area contributed by atoms with Crippen LogP contribution in [0.25, 0.3) is 0 Å². The van der Waals surface area contributed by atoms with E-state index in [1.165, 1.54) is 5.69 Å². The summed E-state index contributed by atoms with van der Waals surface area (Å²) in [5, 5.41) is 12.5. The topological polar surface area (TPSA) is 53.6 Å². The van der Waals surface area contributed by atoms with Gasteiger partial charge in [-0.3, -0.25) is 0 Å². The lowest BCUT2D eigenvalue weighted by Crippen LogP contribution is -2.13. The van der Waals surface area contributed by atoms with E-state index in [4.69, 9.17) is 5.26 Å². The van der Waals surface area contributed by atoms with E-state index in [9.17, 15) is 0 Å². The van der Waals surface area contributed by atoms with Crippen molar-refractivity contribution in [2.24, 2.45) is 0 Å². The molecular formula is C17H22N4. The maximum atomic E-state index is 9.15. The smallest absolute Gasteiger partial charge is 0.0948 e. The molecule has 0 aliphatic rings. The summed E-state index contributed by atoms with van der Waals surface area (Å²) in [4.78, 5) is 4.20. The normalized spacial score (nSPS) is 11.1. The van der Waals surface area contributed by atoms with Crippen LogP contribution in [-0.2, 0) is 18.5 Å². The Morgan fingerprint density at radius 2 is 2.00 bits per heavy atom. The van der Waals surface area contributed by atoms with Crippen molar-refractivity contribution in [1.82, 2.24) is 9.55 Å². The van der Waals surface area contributed by atoms with Gasteiger partial charge in [0.15, 0.2) is 0 Å². The molecule has 0 atom stereocenters. The van der Waals surface area contributed by atoms with E-state index in [-0.39, 0.29) is 0 Å². The molecule has 0 bridgehead atoms. The van der Waals surface area contributed by atoms with E-state index >= 15 is 0 Å². The largest absolute Gasteiger partial charge is 0.379 e. The highest BCUT2D eigenvalue weighted by atomic mass is 15.1. The average Bonchev–Trinajstić information content (AvgIpc) is 2.93. The molecule has 0 radical (unpaired) electrons. The van der Waals surface area contributed by atoms with Crippen LogP contribution in [0.15, 0.2) is 36.8 Å². The van der Waals surface area contributed by atoms with Crippen LogP contribution in [0.5, 0.6) is 0 Å². The Labute approximate surface area is 126 Å². The van der Waals surface area contributed by atoms with Crippen molar-refractivity contribution in [3.8, 4) is 6.07 Å². The Kier molecular flexibility index (Phi) is 4.64. The molecule has 0 fully saturated rings. The van der Waals surface area contributed by atoms with Gasteiger partial charge in [-0.15, -0.1) is 0 Å². The van der Waals surface area contributed by atoms with Crippen molar-refractivity contribution in [2.45, 2.75) is 45.7 Å². The fraction of sp³-hybridized carbons (Fsp3) is 0.412. The molecule has 0 unspecified atom stereocenters. The van der Waals surface area contributed by atoms with Gasteiger partial charge in [0.05, 0.1) is 30.1 Å². The van der Waals surface area contributed by atoms with Gasteiger partial charge in [0.25, 0.3) is 0 Å². The molecule has 0 aliphatic heterocycles. The highest BCUT2D eigenvalue weighted by molar-refractivity contribution is 5.47. The molecule has 0 spiro atoms. The average molecular weight is 282 g/mol. The second kappa shape index (κ2) is 6.45. The minimum absolute atomic E-state index is 0.446. The van der Waals surface area contributed by atoms with E-state index in [1.54, 1.807) is 0 Å². The third-order valence-electron chi connectivity index (χ3n) is 3.62. The molecule has 1 aromatic heterocycles. The van der Waals surface area contributed by atoms with Crippen LogP contribution >= 0.6 is 0 Å². The standard InChI is InChI=1S/C17H22N4/c1-4-9-21-13-19-10-16(21)11-20-15-7-5-14(6-8-15)17(2,3)12-18/h5-8,10,13,20H,4,9,11H2,1-3H3. The Morgan fingerprint density at radius 3 is 2.62 bits per heavy atom. The fourth-order valence-corrected chi connectivity index (χ4v) is 2.20. The van der Waals surface area contributed by atoms with Gasteiger partial charge in [-0.25, -0.2) is 4.98 Å². The number of rotatable bonds is 6. The van der Waals surface area contributed by atoms with E-state index in [2.05, 4.69) is 27.9 Å². The Morgan fingerprint density at radius 1 is 1.29 bits per heavy atom. The third-order valence-corrected chi connectivity index (χ3v) is 3.62. The molecule has 4 nitrogen and oxygen atoms in total. The first-order valence-electron chi connectivity index (χ1n) is 7.31. The maximum Gasteiger partial charge on any atom is 0.0948 e. The van der Waals surface area contributed by atoms with Crippen molar-refractivity contribution in [3.05, 3.63) is 48.0 Å². The molecule has 21 heavy (non-hydrogen) atoms. The second-order valence-electron chi connectivity index (χ2n) is 5.75. The second-order valence-corrected chi connectivity index (χ2v) is 5.75. The predicted molar refractivity (Wildman–Crippen MR) is 84.9 cm³/mol. The van der Waals surface area contributed by atoms with Crippen LogP contribution in [0, 0.1) is 11.3 Å². The number of benzene rings is 1. The molecule has 2 aromatic rings. The molecule has 1 N–H and O–H groups in total. The number of aryl methyl sites for hydroxylation is 1. The predicted octanol–water partition coefficient (Wildman–Crippen LogP) is 3.71. The highest BCUT2D eigenvalue weighted by Gasteiger charge is 2.18. The number of nitriles is 1. The van der Waals surface area contributed by atoms with Gasteiger partial charge >= 0.3 is 0 Å². The van der Waals surface area contributed by atoms with E-state index in [0.717, 1.165) is 30.8 Å². The summed E-state index contributed by atoms with van der Waals surface area (Å²) in [5.74, 6) is 0. The van der Waals surface area contributed by atoms with Crippen molar-refractivity contribution in [3.63, 3.8) is 0 Å². The number of imidazole rings is 1. The summed E-state index contributed by atoms with van der Waals surface area (Å²) in [6.45, 7) is 7.76. The number of anilines is 1. The van der Waals surface area contributed by atoms with Crippen LogP contribution in [0.3, 0.4) is 0 Å². The molecule has 0 saturated carbocycles. The minimum Gasteiger partial charge on any atom is -0.379 e. The quantitative estimate of drug-likeness (QED) is 0.878. The van der Waals surface area contributed by atoms with Crippen molar-refractivity contribution in [1.29, 1.82) is 5.26 Å². The number of aromatic nitrogens is 2. The van der Waals surface area contributed by atoms with E-state index < -0.39 is 5.41 Å². The SMILES string of the molecule is CCCn1cncc1CNc1ccc(C(C)(C)C#N)cc1. The summed E-state index contributed by atoms with van der Waals surface area (Å²) < 4.78 is 2.17. The summed E-state index contributed by atoms with van der Waals surface area (Å²) in [5.41, 5.74) is 2.82. The van der Waals surface area contributed by atoms with Crippen LogP contribution < -0.4 is 5.32 Å². The fourth-order valence-electron chi connectivity index (χ4n) is 2.20. The first-order chi connectivity index (χ1) is 10.1. The van der Waals surface area contributed by atoms with Gasteiger partial charge in [0, 0.05) is 18.4 Å². The molecule has 1 heterocycles. The van der Waals surface area contributed by atoms with Crippen LogP contribution in [0.1, 0.15) is 38.4 Å². The lowest BCUT2D eigenvalue weighted by atomic mass is 9.86. The Hall–Kier alpha value is -2.28. The first kappa shape index (κ1) is 15.1. The molecule has 0 amide bonds. The summed E-state index contributed by atoms with van der Waals surface area (Å²) in [7, 11) is 0. The molecule has 2 rings (SSSR count). The maximum absolute atomic E-state index is 9.15. The van der Waals surface area contributed by atoms with Gasteiger partial charge in [0.2, 0.25) is 0 Å². The van der Waals surface area contributed by atoms with Gasteiger partial charge in [-0.05, 0) is 38.0 Å². The zero-order valence-electron chi connectivity index (χ0n) is 12.9. The Bertz CT molecular complexity index is 617. The van der Waals surface area contributed by atoms with Gasteiger partial charge in [0.1, 0.15) is 0 Å². The van der Waals surface area contributed by atoms with Crippen molar-refractivity contribution in [2.75, 3.05) is 5.32 Å². The number of nitrogens with one attached hydrogen (secondary N) is 1. The Balaban J connectivity index is 2.01. The summed E-state index contributed by atoms with van der Waals surface area (Å²) >= 11 is 0. The zero-order chi connectivity index (χ0) is 15.3.